The normalized spacial score (nSPS) is 10.4. The molecule has 1 aromatic heterocycles. The molecule has 0 saturated heterocycles. The molecular weight excluding hydrogens is 242 g/mol. The molecule has 5 nitrogen and oxygen atoms in total. The van der Waals surface area contributed by atoms with E-state index >= 15 is 0 Å². The molecule has 0 bridgehead atoms. The molecule has 0 unspecified atom stereocenters. The van der Waals surface area contributed by atoms with Crippen molar-refractivity contribution in [3.63, 3.8) is 0 Å². The van der Waals surface area contributed by atoms with Crippen LogP contribution in [0.2, 0.25) is 0 Å². The number of hydrogen-bond acceptors (Lipinski definition) is 4. The zero-order valence-corrected chi connectivity index (χ0v) is 10.8. The van der Waals surface area contributed by atoms with Crippen molar-refractivity contribution in [2.24, 2.45) is 5.73 Å². The van der Waals surface area contributed by atoms with Crippen LogP contribution in [0.3, 0.4) is 0 Å². The van der Waals surface area contributed by atoms with Crippen LogP contribution in [0.4, 0.5) is 11.4 Å². The molecule has 1 amide bonds. The van der Waals surface area contributed by atoms with E-state index in [2.05, 4.69) is 4.90 Å². The first-order valence-electron chi connectivity index (χ1n) is 6.08. The van der Waals surface area contributed by atoms with Gasteiger partial charge in [-0.1, -0.05) is 0 Å². The van der Waals surface area contributed by atoms with Crippen LogP contribution >= 0.6 is 0 Å². The van der Waals surface area contributed by atoms with Crippen molar-refractivity contribution in [1.29, 1.82) is 0 Å². The van der Waals surface area contributed by atoms with Gasteiger partial charge >= 0.3 is 0 Å². The van der Waals surface area contributed by atoms with E-state index in [1.54, 1.807) is 18.4 Å². The summed E-state index contributed by atoms with van der Waals surface area (Å²) < 4.78 is 5.33. The first kappa shape index (κ1) is 13.0. The van der Waals surface area contributed by atoms with Gasteiger partial charge in [0.05, 0.1) is 24.2 Å². The fourth-order valence-electron chi connectivity index (χ4n) is 1.95. The van der Waals surface area contributed by atoms with Gasteiger partial charge in [0.1, 0.15) is 5.76 Å². The second kappa shape index (κ2) is 5.48. The number of carbonyl (C=O) groups excluding carboxylic acids is 1. The minimum absolute atomic E-state index is 0.412. The van der Waals surface area contributed by atoms with Crippen molar-refractivity contribution in [3.8, 4) is 0 Å². The van der Waals surface area contributed by atoms with Gasteiger partial charge in [-0.3, -0.25) is 4.79 Å². The van der Waals surface area contributed by atoms with Crippen LogP contribution in [0, 0.1) is 0 Å². The number of benzene rings is 1. The number of nitrogens with zero attached hydrogens (tertiary/aromatic N) is 1. The predicted molar refractivity (Wildman–Crippen MR) is 74.8 cm³/mol. The zero-order valence-electron chi connectivity index (χ0n) is 10.8. The van der Waals surface area contributed by atoms with Gasteiger partial charge in [0.2, 0.25) is 5.91 Å². The van der Waals surface area contributed by atoms with E-state index in [1.165, 1.54) is 0 Å². The maximum Gasteiger partial charge on any atom is 0.248 e. The molecule has 2 aromatic rings. The van der Waals surface area contributed by atoms with Gasteiger partial charge in [-0.2, -0.15) is 0 Å². The van der Waals surface area contributed by atoms with Crippen LogP contribution in [0.15, 0.2) is 41.0 Å². The summed E-state index contributed by atoms with van der Waals surface area (Å²) in [5.74, 6) is 0.382. The van der Waals surface area contributed by atoms with E-state index in [-0.39, 0.29) is 0 Å². The van der Waals surface area contributed by atoms with E-state index in [9.17, 15) is 4.79 Å². The molecule has 0 spiro atoms. The van der Waals surface area contributed by atoms with Gasteiger partial charge in [-0.05, 0) is 37.3 Å². The quantitative estimate of drug-likeness (QED) is 0.804. The lowest BCUT2D eigenvalue weighted by Gasteiger charge is -2.23. The Labute approximate surface area is 111 Å². The van der Waals surface area contributed by atoms with E-state index in [1.807, 2.05) is 25.1 Å². The minimum Gasteiger partial charge on any atom is -0.467 e. The third kappa shape index (κ3) is 2.88. The van der Waals surface area contributed by atoms with E-state index in [4.69, 9.17) is 15.9 Å². The van der Waals surface area contributed by atoms with Crippen LogP contribution in [0.5, 0.6) is 0 Å². The van der Waals surface area contributed by atoms with Gasteiger partial charge in [0, 0.05) is 12.1 Å². The molecule has 1 heterocycles. The Kier molecular flexibility index (Phi) is 3.75. The van der Waals surface area contributed by atoms with Crippen LogP contribution in [0.1, 0.15) is 23.0 Å². The highest BCUT2D eigenvalue weighted by atomic mass is 16.3. The summed E-state index contributed by atoms with van der Waals surface area (Å²) in [7, 11) is 0. The molecule has 0 aliphatic rings. The summed E-state index contributed by atoms with van der Waals surface area (Å²) in [5, 5.41) is 0. The lowest BCUT2D eigenvalue weighted by molar-refractivity contribution is 0.100. The summed E-state index contributed by atoms with van der Waals surface area (Å²) in [6.45, 7) is 3.44. The minimum atomic E-state index is -0.479. The number of primary amides is 1. The Morgan fingerprint density at radius 2 is 2.16 bits per heavy atom. The lowest BCUT2D eigenvalue weighted by atomic mass is 10.1. The summed E-state index contributed by atoms with van der Waals surface area (Å²) in [5.41, 5.74) is 13.0. The Balaban J connectivity index is 2.25. The topological polar surface area (TPSA) is 85.5 Å². The SMILES string of the molecule is CCN(Cc1ccco1)c1ccc(C(N)=O)cc1N. The van der Waals surface area contributed by atoms with Crippen LogP contribution in [-0.4, -0.2) is 12.5 Å². The molecule has 2 rings (SSSR count). The Morgan fingerprint density at radius 3 is 2.68 bits per heavy atom. The van der Waals surface area contributed by atoms with E-state index in [0.717, 1.165) is 18.0 Å². The molecule has 0 radical (unpaired) electrons. The van der Waals surface area contributed by atoms with Crippen molar-refractivity contribution in [2.75, 3.05) is 17.2 Å². The van der Waals surface area contributed by atoms with Gasteiger partial charge in [-0.15, -0.1) is 0 Å². The highest BCUT2D eigenvalue weighted by molar-refractivity contribution is 5.94. The third-order valence-corrected chi connectivity index (χ3v) is 2.96. The standard InChI is InChI=1S/C14H17N3O2/c1-2-17(9-11-4-3-7-19-11)13-6-5-10(14(16)18)8-12(13)15/h3-8H,2,9,15H2,1H3,(H2,16,18). The van der Waals surface area contributed by atoms with Gasteiger partial charge in [0.15, 0.2) is 0 Å². The molecule has 1 aromatic carbocycles. The molecular formula is C14H17N3O2. The smallest absolute Gasteiger partial charge is 0.248 e. The second-order valence-corrected chi connectivity index (χ2v) is 4.23. The van der Waals surface area contributed by atoms with E-state index in [0.29, 0.717) is 17.8 Å². The molecule has 0 saturated carbocycles. The zero-order chi connectivity index (χ0) is 13.8. The Morgan fingerprint density at radius 1 is 1.37 bits per heavy atom. The molecule has 4 N–H and O–H groups in total. The first-order chi connectivity index (χ1) is 9.11. The number of carbonyl (C=O) groups is 1. The third-order valence-electron chi connectivity index (χ3n) is 2.96. The largest absolute Gasteiger partial charge is 0.467 e. The summed E-state index contributed by atoms with van der Waals surface area (Å²) in [6, 6.07) is 8.85. The van der Waals surface area contributed by atoms with Crippen molar-refractivity contribution in [3.05, 3.63) is 47.9 Å². The van der Waals surface area contributed by atoms with Crippen LogP contribution in [-0.2, 0) is 6.54 Å². The van der Waals surface area contributed by atoms with E-state index < -0.39 is 5.91 Å². The summed E-state index contributed by atoms with van der Waals surface area (Å²) in [6.07, 6.45) is 1.64. The fraction of sp³-hybridized carbons (Fsp3) is 0.214. The van der Waals surface area contributed by atoms with Crippen molar-refractivity contribution < 1.29 is 9.21 Å². The number of amides is 1. The number of nitrogen functional groups attached to an aromatic ring is 1. The molecule has 0 fully saturated rings. The molecule has 0 atom stereocenters. The summed E-state index contributed by atoms with van der Waals surface area (Å²) >= 11 is 0. The maximum absolute atomic E-state index is 11.1. The number of nitrogens with two attached hydrogens (primary N) is 2. The number of furan rings is 1. The Bertz CT molecular complexity index is 564. The fourth-order valence-corrected chi connectivity index (χ4v) is 1.95. The van der Waals surface area contributed by atoms with Crippen molar-refractivity contribution in [1.82, 2.24) is 0 Å². The van der Waals surface area contributed by atoms with Gasteiger partial charge in [-0.25, -0.2) is 0 Å². The maximum atomic E-state index is 11.1. The van der Waals surface area contributed by atoms with Gasteiger partial charge in [0.25, 0.3) is 0 Å². The number of anilines is 2. The van der Waals surface area contributed by atoms with Crippen molar-refractivity contribution in [2.45, 2.75) is 13.5 Å². The van der Waals surface area contributed by atoms with Gasteiger partial charge < -0.3 is 20.8 Å². The Hall–Kier alpha value is -2.43. The average molecular weight is 259 g/mol. The van der Waals surface area contributed by atoms with Crippen LogP contribution < -0.4 is 16.4 Å². The lowest BCUT2D eigenvalue weighted by Crippen LogP contribution is -2.23. The molecule has 5 heteroatoms. The highest BCUT2D eigenvalue weighted by Gasteiger charge is 2.12. The number of hydrogen-bond donors (Lipinski definition) is 2. The average Bonchev–Trinajstić information content (AvgIpc) is 2.89. The molecule has 0 aliphatic heterocycles. The monoisotopic (exact) mass is 259 g/mol. The molecule has 0 aliphatic carbocycles. The summed E-state index contributed by atoms with van der Waals surface area (Å²) in [4.78, 5) is 13.2. The first-order valence-corrected chi connectivity index (χ1v) is 6.08. The van der Waals surface area contributed by atoms with Crippen LogP contribution in [0.25, 0.3) is 0 Å². The van der Waals surface area contributed by atoms with Crippen molar-refractivity contribution >= 4 is 17.3 Å². The molecule has 19 heavy (non-hydrogen) atoms. The number of rotatable bonds is 5. The second-order valence-electron chi connectivity index (χ2n) is 4.23. The predicted octanol–water partition coefficient (Wildman–Crippen LogP) is 1.99. The highest BCUT2D eigenvalue weighted by Crippen LogP contribution is 2.25. The molecule has 100 valence electrons.